The van der Waals surface area contributed by atoms with E-state index in [1.54, 1.807) is 0 Å². The number of para-hydroxylation sites is 4. The first-order valence-corrected chi connectivity index (χ1v) is 22.0. The zero-order chi connectivity index (χ0) is 41.4. The SMILES string of the molecule is c1ccc(-c2nc(-c3ccc4c(c3)sc3cc(-c5ccc6c(c5)c5ccccc5n6-c5ccccc5)ccc34)nc(-c3cccc4c3c3ccccc3n4-c3ccccc3)n2)cc1. The molecule has 0 aliphatic heterocycles. The lowest BCUT2D eigenvalue weighted by Gasteiger charge is -2.10. The molecule has 0 saturated carbocycles. The maximum atomic E-state index is 5.29. The Bertz CT molecular complexity index is 3900. The maximum absolute atomic E-state index is 5.29. The first kappa shape index (κ1) is 35.6. The number of nitrogens with zero attached hydrogens (tertiary/aromatic N) is 5. The highest BCUT2D eigenvalue weighted by atomic mass is 32.1. The molecule has 0 atom stereocenters. The summed E-state index contributed by atoms with van der Waals surface area (Å²) in [5, 5.41) is 7.24. The lowest BCUT2D eigenvalue weighted by atomic mass is 10.0. The average molecular weight is 822 g/mol. The Kier molecular flexibility index (Phi) is 8.01. The van der Waals surface area contributed by atoms with Gasteiger partial charge in [-0.25, -0.2) is 15.0 Å². The van der Waals surface area contributed by atoms with Gasteiger partial charge in [0.15, 0.2) is 17.5 Å². The van der Waals surface area contributed by atoms with E-state index in [2.05, 4.69) is 203 Å². The molecule has 9 aromatic carbocycles. The molecule has 294 valence electrons. The van der Waals surface area contributed by atoms with E-state index in [0.29, 0.717) is 17.5 Å². The van der Waals surface area contributed by atoms with Crippen molar-refractivity contribution in [1.82, 2.24) is 24.1 Å². The van der Waals surface area contributed by atoms with Gasteiger partial charge >= 0.3 is 0 Å². The minimum absolute atomic E-state index is 0.643. The number of thiophene rings is 1. The van der Waals surface area contributed by atoms with Crippen LogP contribution in [0.4, 0.5) is 0 Å². The van der Waals surface area contributed by atoms with Crippen molar-refractivity contribution in [2.75, 3.05) is 0 Å². The van der Waals surface area contributed by atoms with Gasteiger partial charge in [0.1, 0.15) is 0 Å². The van der Waals surface area contributed by atoms with Gasteiger partial charge in [-0.1, -0.05) is 146 Å². The van der Waals surface area contributed by atoms with Gasteiger partial charge in [-0.05, 0) is 77.9 Å². The zero-order valence-corrected chi connectivity index (χ0v) is 34.7. The Labute approximate surface area is 366 Å². The smallest absolute Gasteiger partial charge is 0.164 e. The molecule has 0 radical (unpaired) electrons. The molecular formula is C57H35N5S. The molecule has 4 heterocycles. The zero-order valence-electron chi connectivity index (χ0n) is 33.9. The molecule has 0 amide bonds. The van der Waals surface area contributed by atoms with Gasteiger partial charge in [-0.2, -0.15) is 0 Å². The van der Waals surface area contributed by atoms with Crippen molar-refractivity contribution < 1.29 is 0 Å². The monoisotopic (exact) mass is 821 g/mol. The Balaban J connectivity index is 0.940. The van der Waals surface area contributed by atoms with E-state index in [-0.39, 0.29) is 0 Å². The van der Waals surface area contributed by atoms with E-state index in [1.165, 1.54) is 53.1 Å². The fourth-order valence-corrected chi connectivity index (χ4v) is 10.7. The second-order valence-corrected chi connectivity index (χ2v) is 17.1. The predicted molar refractivity (Wildman–Crippen MR) is 263 cm³/mol. The summed E-state index contributed by atoms with van der Waals surface area (Å²) in [6.07, 6.45) is 0. The molecule has 0 bridgehead atoms. The van der Waals surface area contributed by atoms with Crippen molar-refractivity contribution in [2.24, 2.45) is 0 Å². The summed E-state index contributed by atoms with van der Waals surface area (Å²) in [7, 11) is 0. The third kappa shape index (κ3) is 5.73. The summed E-state index contributed by atoms with van der Waals surface area (Å²) >= 11 is 1.81. The Hall–Kier alpha value is -8.19. The minimum atomic E-state index is 0.643. The van der Waals surface area contributed by atoms with Gasteiger partial charge in [-0.15, -0.1) is 11.3 Å². The number of benzene rings is 9. The second kappa shape index (κ2) is 14.2. The normalized spacial score (nSPS) is 11.8. The molecule has 0 N–H and O–H groups in total. The van der Waals surface area contributed by atoms with Crippen LogP contribution in [-0.2, 0) is 0 Å². The molecule has 0 aliphatic carbocycles. The molecule has 0 aliphatic rings. The Morgan fingerprint density at radius 3 is 1.51 bits per heavy atom. The van der Waals surface area contributed by atoms with Gasteiger partial charge in [0, 0.05) is 69.8 Å². The lowest BCUT2D eigenvalue weighted by Crippen LogP contribution is -2.00. The van der Waals surface area contributed by atoms with Gasteiger partial charge in [0.25, 0.3) is 0 Å². The first-order chi connectivity index (χ1) is 31.2. The van der Waals surface area contributed by atoms with Gasteiger partial charge < -0.3 is 9.13 Å². The molecule has 63 heavy (non-hydrogen) atoms. The van der Waals surface area contributed by atoms with Crippen LogP contribution in [0, 0.1) is 0 Å². The Morgan fingerprint density at radius 2 is 0.794 bits per heavy atom. The van der Waals surface area contributed by atoms with E-state index < -0.39 is 0 Å². The van der Waals surface area contributed by atoms with Crippen LogP contribution in [0.2, 0.25) is 0 Å². The minimum Gasteiger partial charge on any atom is -0.309 e. The lowest BCUT2D eigenvalue weighted by molar-refractivity contribution is 1.08. The van der Waals surface area contributed by atoms with Crippen LogP contribution < -0.4 is 0 Å². The summed E-state index contributed by atoms with van der Waals surface area (Å²) in [4.78, 5) is 15.6. The second-order valence-electron chi connectivity index (χ2n) is 16.0. The van der Waals surface area contributed by atoms with E-state index in [9.17, 15) is 0 Å². The standard InChI is InChI=1S/C57H35N5S/c1-4-15-36(16-5-1)55-58-56(60-57(59-55)46-23-14-26-51-54(46)45-22-11-13-25-49(45)62(51)41-19-8-3-9-20-41)39-28-31-44-43-30-27-38(34-52(43)63-53(44)35-39)37-29-32-50-47(33-37)42-21-10-12-24-48(42)61(50)40-17-6-2-7-18-40/h1-35H. The van der Waals surface area contributed by atoms with Crippen LogP contribution in [0.25, 0.3) is 120 Å². The fourth-order valence-electron chi connectivity index (χ4n) is 9.51. The molecule has 4 aromatic heterocycles. The predicted octanol–water partition coefficient (Wildman–Crippen LogP) is 15.1. The molecule has 0 fully saturated rings. The Morgan fingerprint density at radius 1 is 0.302 bits per heavy atom. The number of fused-ring (bicyclic) bond motifs is 9. The fraction of sp³-hybridized carbons (Fsp3) is 0. The third-order valence-electron chi connectivity index (χ3n) is 12.4. The first-order valence-electron chi connectivity index (χ1n) is 21.2. The summed E-state index contributed by atoms with van der Waals surface area (Å²) < 4.78 is 7.13. The van der Waals surface area contributed by atoms with Crippen molar-refractivity contribution in [1.29, 1.82) is 0 Å². The van der Waals surface area contributed by atoms with Gasteiger partial charge in [0.05, 0.1) is 22.1 Å². The highest BCUT2D eigenvalue weighted by molar-refractivity contribution is 7.25. The quantitative estimate of drug-likeness (QED) is 0.168. The van der Waals surface area contributed by atoms with Crippen molar-refractivity contribution in [3.63, 3.8) is 0 Å². The molecule has 6 heteroatoms. The number of hydrogen-bond donors (Lipinski definition) is 0. The summed E-state index contributed by atoms with van der Waals surface area (Å²) in [5.41, 5.74) is 12.2. The van der Waals surface area contributed by atoms with Crippen LogP contribution >= 0.6 is 11.3 Å². The van der Waals surface area contributed by atoms with E-state index in [4.69, 9.17) is 15.0 Å². The molecule has 13 rings (SSSR count). The number of hydrogen-bond acceptors (Lipinski definition) is 4. The van der Waals surface area contributed by atoms with Crippen molar-refractivity contribution in [3.05, 3.63) is 212 Å². The number of rotatable bonds is 6. The molecule has 5 nitrogen and oxygen atoms in total. The van der Waals surface area contributed by atoms with Crippen LogP contribution in [0.1, 0.15) is 0 Å². The van der Waals surface area contributed by atoms with E-state index in [0.717, 1.165) is 49.9 Å². The average Bonchev–Trinajstić information content (AvgIpc) is 4.01. The molecule has 0 spiro atoms. The third-order valence-corrected chi connectivity index (χ3v) is 13.5. The van der Waals surface area contributed by atoms with Crippen LogP contribution in [0.5, 0.6) is 0 Å². The van der Waals surface area contributed by atoms with Crippen molar-refractivity contribution >= 4 is 75.1 Å². The topological polar surface area (TPSA) is 48.5 Å². The largest absolute Gasteiger partial charge is 0.309 e. The van der Waals surface area contributed by atoms with Gasteiger partial charge in [0.2, 0.25) is 0 Å². The van der Waals surface area contributed by atoms with Crippen LogP contribution in [-0.4, -0.2) is 24.1 Å². The summed E-state index contributed by atoms with van der Waals surface area (Å²) in [5.74, 6) is 1.93. The van der Waals surface area contributed by atoms with Crippen molar-refractivity contribution in [2.45, 2.75) is 0 Å². The molecule has 13 aromatic rings. The summed E-state index contributed by atoms with van der Waals surface area (Å²) in [6.45, 7) is 0. The van der Waals surface area contributed by atoms with E-state index >= 15 is 0 Å². The molecule has 0 unspecified atom stereocenters. The maximum Gasteiger partial charge on any atom is 0.164 e. The molecule has 0 saturated heterocycles. The van der Waals surface area contributed by atoms with Crippen molar-refractivity contribution in [3.8, 4) is 56.7 Å². The summed E-state index contributed by atoms with van der Waals surface area (Å²) in [6, 6.07) is 75.5. The molecular weight excluding hydrogens is 787 g/mol. The van der Waals surface area contributed by atoms with E-state index in [1.807, 2.05) is 29.5 Å². The number of aromatic nitrogens is 5. The highest BCUT2D eigenvalue weighted by Gasteiger charge is 2.20. The van der Waals surface area contributed by atoms with Crippen LogP contribution in [0.3, 0.4) is 0 Å². The highest BCUT2D eigenvalue weighted by Crippen LogP contribution is 2.42. The van der Waals surface area contributed by atoms with Crippen LogP contribution in [0.15, 0.2) is 212 Å². The van der Waals surface area contributed by atoms with Gasteiger partial charge in [-0.3, -0.25) is 0 Å².